The molecule has 6 heteroatoms. The second kappa shape index (κ2) is 4.36. The first-order chi connectivity index (χ1) is 8.41. The van der Waals surface area contributed by atoms with E-state index in [0.717, 1.165) is 12.1 Å². The van der Waals surface area contributed by atoms with E-state index in [-0.39, 0.29) is 6.54 Å². The Morgan fingerprint density at radius 2 is 2.11 bits per heavy atom. The van der Waals surface area contributed by atoms with E-state index in [2.05, 4.69) is 10.1 Å². The average Bonchev–Trinajstić information content (AvgIpc) is 2.35. The number of carbonyl (C=O) groups excluding carboxylic acids is 1. The van der Waals surface area contributed by atoms with Crippen molar-refractivity contribution in [2.24, 2.45) is 0 Å². The van der Waals surface area contributed by atoms with Crippen molar-refractivity contribution in [3.8, 4) is 0 Å². The molecule has 0 fully saturated rings. The van der Waals surface area contributed by atoms with E-state index in [1.54, 1.807) is 0 Å². The van der Waals surface area contributed by atoms with Crippen LogP contribution in [0.2, 0.25) is 0 Å². The van der Waals surface area contributed by atoms with Crippen LogP contribution in [-0.2, 0) is 15.7 Å². The summed E-state index contributed by atoms with van der Waals surface area (Å²) in [6.45, 7) is 0.154. The lowest BCUT2D eigenvalue weighted by Gasteiger charge is -2.19. The Balaban J connectivity index is 2.37. The predicted molar refractivity (Wildman–Crippen MR) is 59.9 cm³/mol. The number of benzene rings is 1. The molecule has 0 aromatic heterocycles. The second-order valence-electron chi connectivity index (χ2n) is 3.81. The Kier molecular flexibility index (Phi) is 3.02. The fraction of sp³-hybridized carbons (Fsp3) is 0.250. The molecule has 0 saturated heterocycles. The number of fused-ring (bicyclic) bond motifs is 1. The third kappa shape index (κ3) is 2.32. The number of rotatable bonds is 1. The maximum atomic E-state index is 12.5. The zero-order valence-electron chi connectivity index (χ0n) is 9.47. The lowest BCUT2D eigenvalue weighted by molar-refractivity contribution is -0.138. The first-order valence-corrected chi connectivity index (χ1v) is 5.16. The topological polar surface area (TPSA) is 38.3 Å². The molecular weight excluding hydrogens is 247 g/mol. The molecule has 1 N–H and O–H groups in total. The molecule has 96 valence electrons. The zero-order chi connectivity index (χ0) is 13.3. The molecule has 3 nitrogen and oxygen atoms in total. The number of nitrogens with one attached hydrogen (secondary N) is 1. The minimum Gasteiger partial charge on any atom is -0.466 e. The third-order valence-electron chi connectivity index (χ3n) is 2.63. The van der Waals surface area contributed by atoms with E-state index in [9.17, 15) is 18.0 Å². The summed E-state index contributed by atoms with van der Waals surface area (Å²) in [6, 6.07) is 3.34. The van der Waals surface area contributed by atoms with Crippen LogP contribution in [0.25, 0.3) is 6.08 Å². The number of halogens is 3. The van der Waals surface area contributed by atoms with E-state index in [4.69, 9.17) is 0 Å². The van der Waals surface area contributed by atoms with Gasteiger partial charge in [0.05, 0.1) is 18.2 Å². The van der Waals surface area contributed by atoms with Crippen LogP contribution in [0.5, 0.6) is 0 Å². The average molecular weight is 257 g/mol. The van der Waals surface area contributed by atoms with E-state index in [0.29, 0.717) is 16.8 Å². The molecule has 0 bridgehead atoms. The number of carbonyl (C=O) groups is 1. The van der Waals surface area contributed by atoms with Crippen molar-refractivity contribution >= 4 is 17.7 Å². The number of ether oxygens (including phenoxy) is 1. The molecule has 0 aliphatic carbocycles. The number of hydrogen-bond donors (Lipinski definition) is 1. The molecule has 0 radical (unpaired) electrons. The molecular formula is C12H10F3NO2. The largest absolute Gasteiger partial charge is 0.466 e. The van der Waals surface area contributed by atoms with Crippen LogP contribution in [0, 0.1) is 0 Å². The Hall–Kier alpha value is -1.98. The van der Waals surface area contributed by atoms with E-state index >= 15 is 0 Å². The van der Waals surface area contributed by atoms with Crippen LogP contribution in [-0.4, -0.2) is 19.6 Å². The Morgan fingerprint density at radius 1 is 1.39 bits per heavy atom. The second-order valence-corrected chi connectivity index (χ2v) is 3.81. The minimum atomic E-state index is -4.37. The van der Waals surface area contributed by atoms with Gasteiger partial charge in [0.2, 0.25) is 0 Å². The highest BCUT2D eigenvalue weighted by Gasteiger charge is 2.31. The van der Waals surface area contributed by atoms with Gasteiger partial charge in [0.15, 0.2) is 0 Å². The lowest BCUT2D eigenvalue weighted by atomic mass is 10.0. The maximum Gasteiger partial charge on any atom is 0.416 e. The summed E-state index contributed by atoms with van der Waals surface area (Å²) in [5.74, 6) is -0.493. The van der Waals surface area contributed by atoms with Crippen molar-refractivity contribution in [3.63, 3.8) is 0 Å². The van der Waals surface area contributed by atoms with Gasteiger partial charge in [0.25, 0.3) is 0 Å². The smallest absolute Gasteiger partial charge is 0.416 e. The molecule has 0 amide bonds. The summed E-state index contributed by atoms with van der Waals surface area (Å²) < 4.78 is 42.1. The van der Waals surface area contributed by atoms with Gasteiger partial charge in [0, 0.05) is 12.2 Å². The molecule has 1 aromatic rings. The van der Waals surface area contributed by atoms with E-state index < -0.39 is 17.7 Å². The van der Waals surface area contributed by atoms with Gasteiger partial charge in [-0.15, -0.1) is 0 Å². The normalized spacial score (nSPS) is 14.3. The highest BCUT2D eigenvalue weighted by molar-refractivity contribution is 5.97. The molecule has 0 spiro atoms. The monoisotopic (exact) mass is 257 g/mol. The quantitative estimate of drug-likeness (QED) is 0.786. The highest BCUT2D eigenvalue weighted by atomic mass is 19.4. The van der Waals surface area contributed by atoms with Crippen LogP contribution in [0.4, 0.5) is 18.9 Å². The van der Waals surface area contributed by atoms with Crippen molar-refractivity contribution in [2.75, 3.05) is 19.0 Å². The molecule has 0 atom stereocenters. The Morgan fingerprint density at radius 3 is 2.72 bits per heavy atom. The van der Waals surface area contributed by atoms with E-state index in [1.807, 2.05) is 0 Å². The predicted octanol–water partition coefficient (Wildman–Crippen LogP) is 2.69. The number of alkyl halides is 3. The van der Waals surface area contributed by atoms with Gasteiger partial charge in [-0.05, 0) is 23.8 Å². The SMILES string of the molecule is COC(=O)C1=Cc2ccc(C(F)(F)F)cc2NC1. The van der Waals surface area contributed by atoms with Crippen molar-refractivity contribution in [1.82, 2.24) is 0 Å². The van der Waals surface area contributed by atoms with Crippen molar-refractivity contribution in [3.05, 3.63) is 34.9 Å². The molecule has 1 aliphatic heterocycles. The summed E-state index contributed by atoms with van der Waals surface area (Å²) in [7, 11) is 1.26. The van der Waals surface area contributed by atoms with Crippen LogP contribution < -0.4 is 5.32 Å². The highest BCUT2D eigenvalue weighted by Crippen LogP contribution is 2.34. The van der Waals surface area contributed by atoms with Crippen LogP contribution in [0.3, 0.4) is 0 Å². The fourth-order valence-electron chi connectivity index (χ4n) is 1.70. The molecule has 1 aromatic carbocycles. The van der Waals surface area contributed by atoms with Crippen LogP contribution >= 0.6 is 0 Å². The number of methoxy groups -OCH3 is 1. The number of hydrogen-bond acceptors (Lipinski definition) is 3. The van der Waals surface area contributed by atoms with Crippen LogP contribution in [0.1, 0.15) is 11.1 Å². The summed E-state index contributed by atoms with van der Waals surface area (Å²) in [6.07, 6.45) is -2.85. The van der Waals surface area contributed by atoms with Crippen molar-refractivity contribution in [2.45, 2.75) is 6.18 Å². The number of esters is 1. The standard InChI is InChI=1S/C12H10F3NO2/c1-18-11(17)8-4-7-2-3-9(12(13,14)15)5-10(7)16-6-8/h2-5,16H,6H2,1H3. The molecule has 1 aliphatic rings. The summed E-state index contributed by atoms with van der Waals surface area (Å²) in [5.41, 5.74) is 0.556. The zero-order valence-corrected chi connectivity index (χ0v) is 9.47. The fourth-order valence-corrected chi connectivity index (χ4v) is 1.70. The molecule has 2 rings (SSSR count). The van der Waals surface area contributed by atoms with Gasteiger partial charge in [-0.25, -0.2) is 4.79 Å². The van der Waals surface area contributed by atoms with Gasteiger partial charge in [-0.3, -0.25) is 0 Å². The summed E-state index contributed by atoms with van der Waals surface area (Å²) in [5, 5.41) is 2.77. The van der Waals surface area contributed by atoms with E-state index in [1.165, 1.54) is 19.3 Å². The van der Waals surface area contributed by atoms with Gasteiger partial charge >= 0.3 is 12.1 Å². The summed E-state index contributed by atoms with van der Waals surface area (Å²) in [4.78, 5) is 11.3. The Bertz CT molecular complexity index is 521. The van der Waals surface area contributed by atoms with Gasteiger partial charge in [-0.1, -0.05) is 6.07 Å². The first-order valence-electron chi connectivity index (χ1n) is 5.16. The van der Waals surface area contributed by atoms with Gasteiger partial charge in [-0.2, -0.15) is 13.2 Å². The van der Waals surface area contributed by atoms with Gasteiger partial charge < -0.3 is 10.1 Å². The molecule has 18 heavy (non-hydrogen) atoms. The number of anilines is 1. The Labute approximate surface area is 101 Å². The summed E-state index contributed by atoms with van der Waals surface area (Å²) >= 11 is 0. The van der Waals surface area contributed by atoms with Crippen molar-refractivity contribution < 1.29 is 22.7 Å². The van der Waals surface area contributed by atoms with Crippen molar-refractivity contribution in [1.29, 1.82) is 0 Å². The maximum absolute atomic E-state index is 12.5. The molecule has 0 saturated carbocycles. The van der Waals surface area contributed by atoms with Crippen LogP contribution in [0.15, 0.2) is 23.8 Å². The molecule has 1 heterocycles. The lowest BCUT2D eigenvalue weighted by Crippen LogP contribution is -2.18. The van der Waals surface area contributed by atoms with Gasteiger partial charge in [0.1, 0.15) is 0 Å². The molecule has 0 unspecified atom stereocenters. The first kappa shape index (κ1) is 12.5. The minimum absolute atomic E-state index is 0.154. The third-order valence-corrected chi connectivity index (χ3v) is 2.63.